The van der Waals surface area contributed by atoms with E-state index in [0.29, 0.717) is 25.4 Å². The molecule has 0 saturated heterocycles. The van der Waals surface area contributed by atoms with Crippen LogP contribution in [0.2, 0.25) is 0 Å². The SMILES string of the molecule is CC(CN)CCC(=O)NCc1ccon1. The van der Waals surface area contributed by atoms with E-state index in [1.807, 2.05) is 6.92 Å². The van der Waals surface area contributed by atoms with Gasteiger partial charge in [-0.2, -0.15) is 0 Å². The molecule has 1 amide bonds. The maximum absolute atomic E-state index is 11.3. The number of nitrogens with one attached hydrogen (secondary N) is 1. The van der Waals surface area contributed by atoms with Crippen LogP contribution in [0.25, 0.3) is 0 Å². The highest BCUT2D eigenvalue weighted by Crippen LogP contribution is 2.03. The maximum Gasteiger partial charge on any atom is 0.220 e. The molecule has 0 radical (unpaired) electrons. The molecule has 0 fully saturated rings. The van der Waals surface area contributed by atoms with Crippen LogP contribution in [-0.4, -0.2) is 17.6 Å². The Bertz CT molecular complexity index is 285. The average molecular weight is 211 g/mol. The van der Waals surface area contributed by atoms with Crippen molar-refractivity contribution in [2.75, 3.05) is 6.54 Å². The molecule has 3 N–H and O–H groups in total. The van der Waals surface area contributed by atoms with Gasteiger partial charge in [0.2, 0.25) is 5.91 Å². The normalized spacial score (nSPS) is 12.4. The Morgan fingerprint density at radius 3 is 3.13 bits per heavy atom. The quantitative estimate of drug-likeness (QED) is 0.724. The predicted molar refractivity (Wildman–Crippen MR) is 55.8 cm³/mol. The van der Waals surface area contributed by atoms with Gasteiger partial charge >= 0.3 is 0 Å². The van der Waals surface area contributed by atoms with Crippen molar-refractivity contribution in [2.45, 2.75) is 26.3 Å². The minimum atomic E-state index is 0.0262. The van der Waals surface area contributed by atoms with Gasteiger partial charge in [0.25, 0.3) is 0 Å². The predicted octanol–water partition coefficient (Wildman–Crippen LogP) is 0.666. The van der Waals surface area contributed by atoms with Crippen molar-refractivity contribution in [1.82, 2.24) is 10.5 Å². The van der Waals surface area contributed by atoms with Gasteiger partial charge in [0, 0.05) is 12.5 Å². The molecule has 15 heavy (non-hydrogen) atoms. The van der Waals surface area contributed by atoms with Crippen LogP contribution in [0.4, 0.5) is 0 Å². The molecule has 1 rings (SSSR count). The summed E-state index contributed by atoms with van der Waals surface area (Å²) in [5, 5.41) is 6.45. The molecule has 1 atom stereocenters. The lowest BCUT2D eigenvalue weighted by Gasteiger charge is -2.07. The van der Waals surface area contributed by atoms with E-state index in [4.69, 9.17) is 5.73 Å². The van der Waals surface area contributed by atoms with Crippen molar-refractivity contribution in [3.63, 3.8) is 0 Å². The van der Waals surface area contributed by atoms with Gasteiger partial charge in [-0.1, -0.05) is 12.1 Å². The van der Waals surface area contributed by atoms with E-state index in [1.54, 1.807) is 6.07 Å². The number of hydrogen-bond donors (Lipinski definition) is 2. The summed E-state index contributed by atoms with van der Waals surface area (Å²) in [5.41, 5.74) is 6.19. The number of amides is 1. The maximum atomic E-state index is 11.3. The standard InChI is InChI=1S/C10H17N3O2/c1-8(6-11)2-3-10(14)12-7-9-4-5-15-13-9/h4-5,8H,2-3,6-7,11H2,1H3,(H,12,14). The molecular formula is C10H17N3O2. The molecule has 5 nitrogen and oxygen atoms in total. The van der Waals surface area contributed by atoms with Gasteiger partial charge in [-0.15, -0.1) is 0 Å². The zero-order valence-corrected chi connectivity index (χ0v) is 8.90. The minimum Gasteiger partial charge on any atom is -0.364 e. The van der Waals surface area contributed by atoms with Gasteiger partial charge in [-0.3, -0.25) is 4.79 Å². The zero-order valence-electron chi connectivity index (χ0n) is 8.90. The fraction of sp³-hybridized carbons (Fsp3) is 0.600. The second-order valence-corrected chi connectivity index (χ2v) is 3.65. The van der Waals surface area contributed by atoms with E-state index < -0.39 is 0 Å². The Labute approximate surface area is 89.0 Å². The molecular weight excluding hydrogens is 194 g/mol. The molecule has 1 aromatic heterocycles. The van der Waals surface area contributed by atoms with Gasteiger partial charge in [-0.25, -0.2) is 0 Å². The highest BCUT2D eigenvalue weighted by atomic mass is 16.5. The number of nitrogens with zero attached hydrogens (tertiary/aromatic N) is 1. The van der Waals surface area contributed by atoms with Gasteiger partial charge in [0.15, 0.2) is 0 Å². The van der Waals surface area contributed by atoms with Gasteiger partial charge in [-0.05, 0) is 18.9 Å². The fourth-order valence-electron chi connectivity index (χ4n) is 1.10. The Morgan fingerprint density at radius 1 is 1.73 bits per heavy atom. The third-order valence-electron chi connectivity index (χ3n) is 2.22. The monoisotopic (exact) mass is 211 g/mol. The molecule has 0 bridgehead atoms. The van der Waals surface area contributed by atoms with Crippen LogP contribution in [0.3, 0.4) is 0 Å². The first-order valence-corrected chi connectivity index (χ1v) is 5.08. The van der Waals surface area contributed by atoms with E-state index in [1.165, 1.54) is 6.26 Å². The van der Waals surface area contributed by atoms with Crippen LogP contribution < -0.4 is 11.1 Å². The largest absolute Gasteiger partial charge is 0.364 e. The number of carbonyl (C=O) groups is 1. The lowest BCUT2D eigenvalue weighted by Crippen LogP contribution is -2.24. The van der Waals surface area contributed by atoms with E-state index >= 15 is 0 Å². The fourth-order valence-corrected chi connectivity index (χ4v) is 1.10. The first-order valence-electron chi connectivity index (χ1n) is 5.08. The molecule has 1 unspecified atom stereocenters. The third-order valence-corrected chi connectivity index (χ3v) is 2.22. The molecule has 1 aromatic rings. The Balaban J connectivity index is 2.14. The summed E-state index contributed by atoms with van der Waals surface area (Å²) in [6.07, 6.45) is 2.81. The second kappa shape index (κ2) is 6.19. The smallest absolute Gasteiger partial charge is 0.220 e. The number of rotatable bonds is 6. The second-order valence-electron chi connectivity index (χ2n) is 3.65. The van der Waals surface area contributed by atoms with Crippen LogP contribution in [0.15, 0.2) is 16.9 Å². The Kier molecular flexibility index (Phi) is 4.83. The molecule has 0 spiro atoms. The lowest BCUT2D eigenvalue weighted by molar-refractivity contribution is -0.121. The summed E-state index contributed by atoms with van der Waals surface area (Å²) < 4.78 is 4.64. The third kappa shape index (κ3) is 4.60. The zero-order chi connectivity index (χ0) is 11.1. The van der Waals surface area contributed by atoms with E-state index in [2.05, 4.69) is 15.0 Å². The van der Waals surface area contributed by atoms with Crippen molar-refractivity contribution >= 4 is 5.91 Å². The van der Waals surface area contributed by atoms with Crippen LogP contribution in [-0.2, 0) is 11.3 Å². The Hall–Kier alpha value is -1.36. The molecule has 0 aliphatic carbocycles. The summed E-state index contributed by atoms with van der Waals surface area (Å²) in [4.78, 5) is 11.3. The van der Waals surface area contributed by atoms with Crippen molar-refractivity contribution in [3.05, 3.63) is 18.0 Å². The van der Waals surface area contributed by atoms with Crippen LogP contribution >= 0.6 is 0 Å². The summed E-state index contributed by atoms with van der Waals surface area (Å²) in [5.74, 6) is 0.418. The van der Waals surface area contributed by atoms with Crippen molar-refractivity contribution in [3.8, 4) is 0 Å². The molecule has 5 heteroatoms. The van der Waals surface area contributed by atoms with E-state index in [9.17, 15) is 4.79 Å². The number of aromatic nitrogens is 1. The van der Waals surface area contributed by atoms with Crippen molar-refractivity contribution in [2.24, 2.45) is 11.7 Å². The van der Waals surface area contributed by atoms with Gasteiger partial charge in [0.05, 0.1) is 6.54 Å². The lowest BCUT2D eigenvalue weighted by atomic mass is 10.1. The summed E-state index contributed by atoms with van der Waals surface area (Å²) in [7, 11) is 0. The minimum absolute atomic E-state index is 0.0262. The topological polar surface area (TPSA) is 81.2 Å². The summed E-state index contributed by atoms with van der Waals surface area (Å²) in [6, 6.07) is 1.72. The molecule has 0 saturated carbocycles. The first kappa shape index (κ1) is 11.7. The molecule has 84 valence electrons. The van der Waals surface area contributed by atoms with E-state index in [0.717, 1.165) is 12.1 Å². The van der Waals surface area contributed by atoms with Crippen LogP contribution in [0, 0.1) is 5.92 Å². The van der Waals surface area contributed by atoms with Gasteiger partial charge in [0.1, 0.15) is 12.0 Å². The highest BCUT2D eigenvalue weighted by molar-refractivity contribution is 5.75. The van der Waals surface area contributed by atoms with Gasteiger partial charge < -0.3 is 15.6 Å². The molecule has 0 aromatic carbocycles. The van der Waals surface area contributed by atoms with Crippen LogP contribution in [0.1, 0.15) is 25.5 Å². The van der Waals surface area contributed by atoms with E-state index in [-0.39, 0.29) is 5.91 Å². The van der Waals surface area contributed by atoms with Crippen molar-refractivity contribution in [1.29, 1.82) is 0 Å². The molecule has 0 aliphatic rings. The highest BCUT2D eigenvalue weighted by Gasteiger charge is 2.05. The summed E-state index contributed by atoms with van der Waals surface area (Å²) in [6.45, 7) is 3.08. The number of carbonyl (C=O) groups excluding carboxylic acids is 1. The van der Waals surface area contributed by atoms with Crippen molar-refractivity contribution < 1.29 is 9.32 Å². The molecule has 1 heterocycles. The summed E-state index contributed by atoms with van der Waals surface area (Å²) >= 11 is 0. The average Bonchev–Trinajstić information content (AvgIpc) is 2.75. The number of nitrogens with two attached hydrogens (primary N) is 1. The Morgan fingerprint density at radius 2 is 2.53 bits per heavy atom. The first-order chi connectivity index (χ1) is 7.22. The molecule has 0 aliphatic heterocycles. The number of hydrogen-bond acceptors (Lipinski definition) is 4. The van der Waals surface area contributed by atoms with Crippen LogP contribution in [0.5, 0.6) is 0 Å².